The van der Waals surface area contributed by atoms with Gasteiger partial charge in [-0.2, -0.15) is 0 Å². The molecule has 0 unspecified atom stereocenters. The molecule has 1 atom stereocenters. The maximum atomic E-state index is 13.9. The first kappa shape index (κ1) is 49.9. The Morgan fingerprint density at radius 3 is 2.19 bits per heavy atom. The summed E-state index contributed by atoms with van der Waals surface area (Å²) in [5, 5.41) is 9.11. The van der Waals surface area contributed by atoms with E-state index in [0.717, 1.165) is 43.6 Å². The second kappa shape index (κ2) is 26.0. The maximum absolute atomic E-state index is 13.9. The third kappa shape index (κ3) is 14.7. The predicted octanol–water partition coefficient (Wildman–Crippen LogP) is 6.53. The highest BCUT2D eigenvalue weighted by atomic mass is 16.5. The number of nitrogens with one attached hydrogen (secondary N) is 3. The predicted molar refractivity (Wildman–Crippen MR) is 261 cm³/mol. The van der Waals surface area contributed by atoms with E-state index in [1.54, 1.807) is 72.9 Å². The van der Waals surface area contributed by atoms with Crippen molar-refractivity contribution in [3.63, 3.8) is 0 Å². The van der Waals surface area contributed by atoms with E-state index in [1.165, 1.54) is 11.8 Å². The van der Waals surface area contributed by atoms with Crippen molar-refractivity contribution in [3.8, 4) is 11.3 Å². The smallest absolute Gasteiger partial charge is 0.255 e. The minimum absolute atomic E-state index is 0.0695. The molecule has 0 radical (unpaired) electrons. The van der Waals surface area contributed by atoms with E-state index in [1.807, 2.05) is 37.4 Å². The number of hydrogen-bond donors (Lipinski definition) is 3. The number of rotatable bonds is 25. The second-order valence-electron chi connectivity index (χ2n) is 16.3. The number of pyridine rings is 2. The van der Waals surface area contributed by atoms with Crippen LogP contribution >= 0.6 is 0 Å². The van der Waals surface area contributed by atoms with Crippen LogP contribution in [0.2, 0.25) is 0 Å². The monoisotopic (exact) mass is 912 g/mol. The largest absolute Gasteiger partial charge is 0.378 e. The zero-order valence-corrected chi connectivity index (χ0v) is 39.2. The van der Waals surface area contributed by atoms with E-state index in [4.69, 9.17) is 14.2 Å². The molecule has 0 saturated heterocycles. The minimum atomic E-state index is -0.378. The highest BCUT2D eigenvalue weighted by Crippen LogP contribution is 2.33. The van der Waals surface area contributed by atoms with Gasteiger partial charge in [-0.05, 0) is 112 Å². The van der Waals surface area contributed by atoms with Gasteiger partial charge in [-0.15, -0.1) is 0 Å². The van der Waals surface area contributed by atoms with Crippen molar-refractivity contribution >= 4 is 35.0 Å². The molecule has 1 aliphatic carbocycles. The molecule has 5 aromatic rings. The molecule has 0 fully saturated rings. The fraction of sp³-hybridized carbons (Fsp3) is 0.385. The first-order chi connectivity index (χ1) is 32.6. The lowest BCUT2D eigenvalue weighted by atomic mass is 9.87. The van der Waals surface area contributed by atoms with E-state index < -0.39 is 0 Å². The third-order valence-electron chi connectivity index (χ3n) is 11.7. The number of anilines is 2. The van der Waals surface area contributed by atoms with Crippen LogP contribution in [0.25, 0.3) is 11.3 Å². The van der Waals surface area contributed by atoms with Crippen molar-refractivity contribution in [2.75, 3.05) is 103 Å². The molecule has 4 amide bonds. The Kier molecular flexibility index (Phi) is 19.4. The van der Waals surface area contributed by atoms with Gasteiger partial charge in [0.2, 0.25) is 0 Å². The van der Waals surface area contributed by atoms with Gasteiger partial charge in [0.25, 0.3) is 23.6 Å². The molecule has 354 valence electrons. The summed E-state index contributed by atoms with van der Waals surface area (Å²) >= 11 is 0. The van der Waals surface area contributed by atoms with E-state index >= 15 is 0 Å². The van der Waals surface area contributed by atoms with E-state index in [0.29, 0.717) is 105 Å². The molecule has 3 aromatic carbocycles. The van der Waals surface area contributed by atoms with Crippen LogP contribution in [0.3, 0.4) is 0 Å². The van der Waals surface area contributed by atoms with Gasteiger partial charge in [0.05, 0.1) is 62.6 Å². The Bertz CT molecular complexity index is 2400. The zero-order chi connectivity index (χ0) is 47.4. The summed E-state index contributed by atoms with van der Waals surface area (Å²) in [6.07, 6.45) is 7.65. The number of carbonyl (C=O) groups excluding carboxylic acids is 4. The normalized spacial score (nSPS) is 13.1. The summed E-state index contributed by atoms with van der Waals surface area (Å²) < 4.78 is 16.8. The molecule has 0 bridgehead atoms. The summed E-state index contributed by atoms with van der Waals surface area (Å²) in [6, 6.07) is 27.7. The number of benzene rings is 3. The quantitative estimate of drug-likeness (QED) is 0.0545. The number of aryl methyl sites for hydroxylation is 1. The average Bonchev–Trinajstić information content (AvgIpc) is 3.36. The summed E-state index contributed by atoms with van der Waals surface area (Å²) in [6.45, 7) is 10.5. The number of likely N-dealkylation sites (N-methyl/N-ethyl adjacent to an activating group) is 2. The summed E-state index contributed by atoms with van der Waals surface area (Å²) in [4.78, 5) is 67.8. The minimum Gasteiger partial charge on any atom is -0.378 e. The first-order valence-corrected chi connectivity index (χ1v) is 23.2. The van der Waals surface area contributed by atoms with Gasteiger partial charge in [0.1, 0.15) is 0 Å². The van der Waals surface area contributed by atoms with Gasteiger partial charge >= 0.3 is 0 Å². The third-order valence-corrected chi connectivity index (χ3v) is 11.7. The molecule has 6 rings (SSSR count). The number of amides is 4. The van der Waals surface area contributed by atoms with Gasteiger partial charge < -0.3 is 44.9 Å². The molecule has 67 heavy (non-hydrogen) atoms. The van der Waals surface area contributed by atoms with Crippen LogP contribution in [0.15, 0.2) is 110 Å². The maximum Gasteiger partial charge on any atom is 0.255 e. The summed E-state index contributed by atoms with van der Waals surface area (Å²) in [5.74, 6) is -0.945. The van der Waals surface area contributed by atoms with Gasteiger partial charge in [-0.1, -0.05) is 30.3 Å². The highest BCUT2D eigenvalue weighted by molar-refractivity contribution is 6.08. The number of carbonyl (C=O) groups is 4. The Balaban J connectivity index is 0.957. The first-order valence-electron chi connectivity index (χ1n) is 23.2. The zero-order valence-electron chi connectivity index (χ0n) is 39.2. The number of fused-ring (bicyclic) bond motifs is 1. The van der Waals surface area contributed by atoms with Crippen LogP contribution in [0.4, 0.5) is 11.4 Å². The molecular formula is C52H64N8O7. The Hall–Kier alpha value is -6.52. The SMILES string of the molecule is CCN(CC)c1ccc(NC(=O)c2cccc(C(=O)N(C)CCN(C)CCOCCOCCOCCNC(=O)c3cccnc3)c2)c(-c2cc(C(=O)N[C@H]3CCCc4ccccc43)ccn2)c1. The Labute approximate surface area is 394 Å². The summed E-state index contributed by atoms with van der Waals surface area (Å²) in [5.41, 5.74) is 6.87. The molecule has 0 aliphatic heterocycles. The molecule has 2 aromatic heterocycles. The van der Waals surface area contributed by atoms with Crippen molar-refractivity contribution < 1.29 is 33.4 Å². The number of ether oxygens (including phenoxy) is 3. The average molecular weight is 913 g/mol. The van der Waals surface area contributed by atoms with Gasteiger partial charge in [-0.3, -0.25) is 29.1 Å². The fourth-order valence-corrected chi connectivity index (χ4v) is 7.84. The van der Waals surface area contributed by atoms with Crippen LogP contribution < -0.4 is 20.9 Å². The molecule has 15 heteroatoms. The topological polar surface area (TPSA) is 168 Å². The van der Waals surface area contributed by atoms with Crippen LogP contribution in [-0.4, -0.2) is 136 Å². The van der Waals surface area contributed by atoms with E-state index in [9.17, 15) is 19.2 Å². The molecule has 2 heterocycles. The molecule has 1 aliphatic rings. The van der Waals surface area contributed by atoms with Crippen molar-refractivity contribution in [1.29, 1.82) is 0 Å². The molecular weight excluding hydrogens is 849 g/mol. The van der Waals surface area contributed by atoms with Gasteiger partial charge in [0.15, 0.2) is 0 Å². The molecule has 0 saturated carbocycles. The highest BCUT2D eigenvalue weighted by Gasteiger charge is 2.23. The Morgan fingerprint density at radius 2 is 1.42 bits per heavy atom. The number of nitrogens with zero attached hydrogens (tertiary/aromatic N) is 5. The van der Waals surface area contributed by atoms with Crippen LogP contribution in [0.1, 0.15) is 85.3 Å². The van der Waals surface area contributed by atoms with Crippen LogP contribution in [-0.2, 0) is 20.6 Å². The van der Waals surface area contributed by atoms with Crippen molar-refractivity contribution in [1.82, 2.24) is 30.4 Å². The lowest BCUT2D eigenvalue weighted by molar-refractivity contribution is 0.0119. The number of hydrogen-bond acceptors (Lipinski definition) is 11. The molecule has 3 N–H and O–H groups in total. The Morgan fingerprint density at radius 1 is 0.687 bits per heavy atom. The van der Waals surface area contributed by atoms with Crippen molar-refractivity contribution in [3.05, 3.63) is 143 Å². The molecule has 15 nitrogen and oxygen atoms in total. The number of aromatic nitrogens is 2. The second-order valence-corrected chi connectivity index (χ2v) is 16.3. The van der Waals surface area contributed by atoms with Crippen LogP contribution in [0, 0.1) is 0 Å². The van der Waals surface area contributed by atoms with Gasteiger partial charge in [-0.25, -0.2) is 0 Å². The van der Waals surface area contributed by atoms with Crippen LogP contribution in [0.5, 0.6) is 0 Å². The summed E-state index contributed by atoms with van der Waals surface area (Å²) in [7, 11) is 3.72. The van der Waals surface area contributed by atoms with E-state index in [2.05, 4.69) is 61.7 Å². The standard InChI is InChI=1S/C52H64N8O7/c1-5-60(6-2)43-19-20-47(45(36-43)48-35-40(21-23-54-48)51(63)56-46-18-10-13-38-12-7-8-17-44(38)46)57-50(62)39-14-9-15-41(34-39)52(64)59(4)26-25-58(3)27-29-66-31-33-67-32-30-65-28-24-55-49(61)42-16-11-22-53-37-42/h7-9,11-12,14-17,19-23,34-37,46H,5-6,10,13,18,24-33H2,1-4H3,(H,55,61)(H,56,63)(H,57,62)/t46-/m0/s1. The fourth-order valence-electron chi connectivity index (χ4n) is 7.84. The van der Waals surface area contributed by atoms with Crippen molar-refractivity contribution in [2.24, 2.45) is 0 Å². The van der Waals surface area contributed by atoms with Gasteiger partial charge in [0, 0.05) is 92.8 Å². The van der Waals surface area contributed by atoms with E-state index in [-0.39, 0.29) is 29.7 Å². The lowest BCUT2D eigenvalue weighted by Crippen LogP contribution is -2.36. The van der Waals surface area contributed by atoms with Crippen molar-refractivity contribution in [2.45, 2.75) is 39.2 Å². The lowest BCUT2D eigenvalue weighted by Gasteiger charge is -2.26. The molecule has 0 spiro atoms.